The van der Waals surface area contributed by atoms with Crippen LogP contribution in [0.25, 0.3) is 5.13 Å². The number of benzene rings is 1. The number of nitrogens with one attached hydrogen (secondary N) is 1. The van der Waals surface area contributed by atoms with Crippen molar-refractivity contribution >= 4 is 22.9 Å². The fourth-order valence-electron chi connectivity index (χ4n) is 2.79. The van der Waals surface area contributed by atoms with E-state index in [0.717, 1.165) is 10.8 Å². The topological polar surface area (TPSA) is 79.9 Å². The van der Waals surface area contributed by atoms with Crippen LogP contribution in [0.3, 0.4) is 0 Å². The Morgan fingerprint density at radius 3 is 2.72 bits per heavy atom. The van der Waals surface area contributed by atoms with Crippen LogP contribution in [0.1, 0.15) is 27.3 Å². The zero-order valence-corrected chi connectivity index (χ0v) is 16.2. The molecule has 2 aromatic heterocycles. The van der Waals surface area contributed by atoms with Gasteiger partial charge in [-0.1, -0.05) is 0 Å². The quantitative estimate of drug-likeness (QED) is 0.653. The van der Waals surface area contributed by atoms with Crippen LogP contribution in [0.5, 0.6) is 5.75 Å². The van der Waals surface area contributed by atoms with Gasteiger partial charge >= 0.3 is 6.18 Å². The van der Waals surface area contributed by atoms with Gasteiger partial charge in [0, 0.05) is 28.7 Å². The van der Waals surface area contributed by atoms with Crippen molar-refractivity contribution in [1.29, 1.82) is 5.26 Å². The number of nitriles is 1. The van der Waals surface area contributed by atoms with Crippen molar-refractivity contribution in [3.05, 3.63) is 58.4 Å². The molecule has 3 aromatic rings. The molecular formula is C19H15F3N4O2S. The molecule has 3 rings (SSSR count). The van der Waals surface area contributed by atoms with Crippen LogP contribution in [-0.4, -0.2) is 28.2 Å². The number of ether oxygens (including phenoxy) is 1. The van der Waals surface area contributed by atoms with Crippen molar-refractivity contribution in [2.24, 2.45) is 0 Å². The highest BCUT2D eigenvalue weighted by atomic mass is 32.1. The maximum absolute atomic E-state index is 12.7. The maximum atomic E-state index is 12.7. The molecule has 29 heavy (non-hydrogen) atoms. The molecule has 0 saturated heterocycles. The molecule has 6 nitrogen and oxygen atoms in total. The molecule has 0 spiro atoms. The summed E-state index contributed by atoms with van der Waals surface area (Å²) < 4.78 is 43.5. The van der Waals surface area contributed by atoms with Gasteiger partial charge in [0.15, 0.2) is 11.7 Å². The number of aromatic nitrogens is 2. The number of aryl methyl sites for hydroxylation is 1. The molecule has 150 valence electrons. The minimum Gasteiger partial charge on any atom is -0.483 e. The summed E-state index contributed by atoms with van der Waals surface area (Å²) in [4.78, 5) is 17.0. The molecule has 0 radical (unpaired) electrons. The molecule has 0 aliphatic rings. The zero-order chi connectivity index (χ0) is 21.2. The van der Waals surface area contributed by atoms with E-state index in [1.165, 1.54) is 29.5 Å². The van der Waals surface area contributed by atoms with Crippen LogP contribution in [0.15, 0.2) is 35.8 Å². The van der Waals surface area contributed by atoms with Crippen LogP contribution in [0.2, 0.25) is 0 Å². The van der Waals surface area contributed by atoms with Gasteiger partial charge in [-0.15, -0.1) is 11.3 Å². The van der Waals surface area contributed by atoms with Crippen molar-refractivity contribution in [3.8, 4) is 17.0 Å². The number of alkyl halides is 3. The summed E-state index contributed by atoms with van der Waals surface area (Å²) >= 11 is 1.44. The van der Waals surface area contributed by atoms with E-state index >= 15 is 0 Å². The lowest BCUT2D eigenvalue weighted by atomic mass is 10.1. The average molecular weight is 420 g/mol. The standard InChI is InChI=1S/C19H15F3N4O2S/c1-11-7-15(12(2)26(11)18-24-5-6-29-18)17(27)25-14-3-4-16(13(8-14)9-23)28-10-19(20,21)22/h3-8H,10H2,1-2H3,(H,25,27). The van der Waals surface area contributed by atoms with Gasteiger partial charge < -0.3 is 10.1 Å². The first-order chi connectivity index (χ1) is 13.7. The third-order valence-corrected chi connectivity index (χ3v) is 4.79. The van der Waals surface area contributed by atoms with Crippen LogP contribution < -0.4 is 10.1 Å². The zero-order valence-electron chi connectivity index (χ0n) is 15.4. The van der Waals surface area contributed by atoms with Gasteiger partial charge in [-0.3, -0.25) is 9.36 Å². The maximum Gasteiger partial charge on any atom is 0.422 e. The Morgan fingerprint density at radius 2 is 2.10 bits per heavy atom. The Labute approximate surface area is 168 Å². The molecule has 1 N–H and O–H groups in total. The van der Waals surface area contributed by atoms with Crippen molar-refractivity contribution in [3.63, 3.8) is 0 Å². The summed E-state index contributed by atoms with van der Waals surface area (Å²) in [5.74, 6) is -0.612. The van der Waals surface area contributed by atoms with E-state index in [4.69, 9.17) is 0 Å². The van der Waals surface area contributed by atoms with E-state index in [1.807, 2.05) is 16.9 Å². The first kappa shape index (κ1) is 20.4. The Bertz CT molecular complexity index is 1080. The fraction of sp³-hybridized carbons (Fsp3) is 0.211. The molecule has 0 unspecified atom stereocenters. The number of amides is 1. The number of halogens is 3. The third-order valence-electron chi connectivity index (χ3n) is 4.04. The summed E-state index contributed by atoms with van der Waals surface area (Å²) in [6.07, 6.45) is -2.84. The van der Waals surface area contributed by atoms with Crippen molar-refractivity contribution in [1.82, 2.24) is 9.55 Å². The number of rotatable bonds is 5. The summed E-state index contributed by atoms with van der Waals surface area (Å²) in [5.41, 5.74) is 2.11. The van der Waals surface area contributed by atoms with Crippen molar-refractivity contribution < 1.29 is 22.7 Å². The minimum atomic E-state index is -4.51. The highest BCUT2D eigenvalue weighted by molar-refractivity contribution is 7.12. The molecule has 1 amide bonds. The predicted octanol–water partition coefficient (Wildman–Crippen LogP) is 4.62. The molecule has 0 atom stereocenters. The number of nitrogens with zero attached hydrogens (tertiary/aromatic N) is 3. The number of thiazole rings is 1. The second-order valence-electron chi connectivity index (χ2n) is 6.12. The Kier molecular flexibility index (Phi) is 5.61. The molecule has 0 saturated carbocycles. The molecule has 2 heterocycles. The van der Waals surface area contributed by atoms with Crippen molar-refractivity contribution in [2.45, 2.75) is 20.0 Å². The first-order valence-corrected chi connectivity index (χ1v) is 9.21. The minimum absolute atomic E-state index is 0.111. The largest absolute Gasteiger partial charge is 0.483 e. The van der Waals surface area contributed by atoms with Crippen LogP contribution in [0.4, 0.5) is 18.9 Å². The smallest absolute Gasteiger partial charge is 0.422 e. The molecular weight excluding hydrogens is 405 g/mol. The molecule has 0 bridgehead atoms. The van der Waals surface area contributed by atoms with Gasteiger partial charge in [-0.2, -0.15) is 18.4 Å². The fourth-order valence-corrected chi connectivity index (χ4v) is 3.54. The number of hydrogen-bond donors (Lipinski definition) is 1. The summed E-state index contributed by atoms with van der Waals surface area (Å²) in [6.45, 7) is 2.14. The lowest BCUT2D eigenvalue weighted by molar-refractivity contribution is -0.153. The summed E-state index contributed by atoms with van der Waals surface area (Å²) in [7, 11) is 0. The lowest BCUT2D eigenvalue weighted by Gasteiger charge is -2.12. The van der Waals surface area contributed by atoms with E-state index in [9.17, 15) is 23.2 Å². The second kappa shape index (κ2) is 7.97. The number of hydrogen-bond acceptors (Lipinski definition) is 5. The summed E-state index contributed by atoms with van der Waals surface area (Å²) in [5, 5.41) is 14.4. The summed E-state index contributed by atoms with van der Waals surface area (Å²) in [6, 6.07) is 7.36. The van der Waals surface area contributed by atoms with Crippen LogP contribution >= 0.6 is 11.3 Å². The van der Waals surface area contributed by atoms with Gasteiger partial charge in [0.05, 0.1) is 11.1 Å². The Morgan fingerprint density at radius 1 is 1.34 bits per heavy atom. The van der Waals surface area contributed by atoms with Crippen LogP contribution in [0, 0.1) is 25.2 Å². The Hall–Kier alpha value is -3.32. The van der Waals surface area contributed by atoms with E-state index < -0.39 is 18.7 Å². The van der Waals surface area contributed by atoms with E-state index in [2.05, 4.69) is 15.0 Å². The molecule has 0 fully saturated rings. The highest BCUT2D eigenvalue weighted by Crippen LogP contribution is 2.26. The average Bonchev–Trinajstić information content (AvgIpc) is 3.27. The molecule has 1 aromatic carbocycles. The predicted molar refractivity (Wildman–Crippen MR) is 102 cm³/mol. The molecule has 10 heteroatoms. The normalized spacial score (nSPS) is 11.2. The molecule has 0 aliphatic carbocycles. The van der Waals surface area contributed by atoms with E-state index in [0.29, 0.717) is 11.3 Å². The number of carbonyl (C=O) groups excluding carboxylic acids is 1. The number of carbonyl (C=O) groups is 1. The van der Waals surface area contributed by atoms with E-state index in [1.54, 1.807) is 25.3 Å². The van der Waals surface area contributed by atoms with Crippen molar-refractivity contribution in [2.75, 3.05) is 11.9 Å². The third kappa shape index (κ3) is 4.57. The first-order valence-electron chi connectivity index (χ1n) is 8.33. The lowest BCUT2D eigenvalue weighted by Crippen LogP contribution is -2.19. The van der Waals surface area contributed by atoms with Gasteiger partial charge in [0.25, 0.3) is 5.91 Å². The SMILES string of the molecule is Cc1cc(C(=O)Nc2ccc(OCC(F)(F)F)c(C#N)c2)c(C)n1-c1nccs1. The van der Waals surface area contributed by atoms with Gasteiger partial charge in [0.1, 0.15) is 11.8 Å². The van der Waals surface area contributed by atoms with Gasteiger partial charge in [-0.05, 0) is 38.1 Å². The molecule has 0 aliphatic heterocycles. The van der Waals surface area contributed by atoms with Gasteiger partial charge in [0.2, 0.25) is 0 Å². The Balaban J connectivity index is 1.81. The second-order valence-corrected chi connectivity index (χ2v) is 6.99. The van der Waals surface area contributed by atoms with Gasteiger partial charge in [-0.25, -0.2) is 4.98 Å². The highest BCUT2D eigenvalue weighted by Gasteiger charge is 2.29. The monoisotopic (exact) mass is 420 g/mol. The van der Waals surface area contributed by atoms with E-state index in [-0.39, 0.29) is 17.0 Å². The number of anilines is 1. The van der Waals surface area contributed by atoms with Crippen LogP contribution in [-0.2, 0) is 0 Å².